The first-order chi connectivity index (χ1) is 7.58. The van der Waals surface area contributed by atoms with E-state index in [4.69, 9.17) is 0 Å². The van der Waals surface area contributed by atoms with Crippen molar-refractivity contribution in [1.82, 2.24) is 25.4 Å². The Morgan fingerprint density at radius 1 is 1.19 bits per heavy atom. The fourth-order valence-corrected chi connectivity index (χ4v) is 1.35. The lowest BCUT2D eigenvalue weighted by molar-refractivity contribution is 0.101. The number of rotatable bonds is 2. The van der Waals surface area contributed by atoms with Gasteiger partial charge in [0.25, 0.3) is 5.91 Å². The third-order valence-corrected chi connectivity index (χ3v) is 2.17. The molecule has 0 aliphatic heterocycles. The molecule has 1 amide bonds. The molecule has 16 heavy (non-hydrogen) atoms. The number of aromatic amines is 2. The third-order valence-electron chi connectivity index (χ3n) is 2.17. The number of hydrogen-bond acceptors (Lipinski definition) is 4. The summed E-state index contributed by atoms with van der Waals surface area (Å²) in [5.74, 6) is 0.375. The molecule has 0 atom stereocenters. The highest BCUT2D eigenvalue weighted by molar-refractivity contribution is 6.02. The van der Waals surface area contributed by atoms with Crippen LogP contribution in [0.5, 0.6) is 0 Å². The first-order valence-electron chi connectivity index (χ1n) is 4.80. The van der Waals surface area contributed by atoms with E-state index in [-0.39, 0.29) is 11.7 Å². The second kappa shape index (κ2) is 3.76. The molecule has 3 N–H and O–H groups in total. The van der Waals surface area contributed by atoms with Crippen molar-refractivity contribution >= 4 is 11.6 Å². The van der Waals surface area contributed by atoms with Gasteiger partial charge in [0, 0.05) is 0 Å². The third kappa shape index (κ3) is 1.79. The van der Waals surface area contributed by atoms with Gasteiger partial charge in [0.15, 0.2) is 0 Å². The molecule has 2 heterocycles. The van der Waals surface area contributed by atoms with Crippen LogP contribution in [0.3, 0.4) is 0 Å². The summed E-state index contributed by atoms with van der Waals surface area (Å²) in [4.78, 5) is 15.7. The molecule has 0 saturated carbocycles. The Kier molecular flexibility index (Phi) is 2.43. The summed E-state index contributed by atoms with van der Waals surface area (Å²) in [5.41, 5.74) is 2.21. The summed E-state index contributed by atoms with van der Waals surface area (Å²) in [6, 6.07) is 0. The highest BCUT2D eigenvalue weighted by Crippen LogP contribution is 2.16. The highest BCUT2D eigenvalue weighted by Gasteiger charge is 2.15. The van der Waals surface area contributed by atoms with E-state index >= 15 is 0 Å². The first kappa shape index (κ1) is 10.3. The number of hydrogen-bond donors (Lipinski definition) is 3. The monoisotopic (exact) mass is 220 g/mol. The number of aryl methyl sites for hydroxylation is 3. The Morgan fingerprint density at radius 3 is 2.44 bits per heavy atom. The Bertz CT molecular complexity index is 506. The summed E-state index contributed by atoms with van der Waals surface area (Å²) >= 11 is 0. The van der Waals surface area contributed by atoms with Crippen molar-refractivity contribution < 1.29 is 4.79 Å². The van der Waals surface area contributed by atoms with Crippen molar-refractivity contribution in [2.45, 2.75) is 20.8 Å². The zero-order chi connectivity index (χ0) is 11.7. The van der Waals surface area contributed by atoms with Gasteiger partial charge < -0.3 is 5.32 Å². The molecule has 2 aromatic heterocycles. The average Bonchev–Trinajstić information content (AvgIpc) is 2.79. The molecule has 2 rings (SSSR count). The van der Waals surface area contributed by atoms with Crippen molar-refractivity contribution in [3.63, 3.8) is 0 Å². The van der Waals surface area contributed by atoms with Crippen molar-refractivity contribution in [1.29, 1.82) is 0 Å². The van der Waals surface area contributed by atoms with E-state index in [1.54, 1.807) is 6.92 Å². The highest BCUT2D eigenvalue weighted by atomic mass is 16.2. The molecule has 0 aliphatic rings. The number of carbonyl (C=O) groups excluding carboxylic acids is 1. The van der Waals surface area contributed by atoms with Crippen LogP contribution in [0.1, 0.15) is 27.8 Å². The topological polar surface area (TPSA) is 99.3 Å². The van der Waals surface area contributed by atoms with Crippen LogP contribution in [0.15, 0.2) is 0 Å². The van der Waals surface area contributed by atoms with E-state index in [0.717, 1.165) is 11.4 Å². The Morgan fingerprint density at radius 2 is 1.94 bits per heavy atom. The van der Waals surface area contributed by atoms with Gasteiger partial charge >= 0.3 is 0 Å². The quantitative estimate of drug-likeness (QED) is 0.693. The average molecular weight is 220 g/mol. The Balaban J connectivity index is 2.20. The maximum atomic E-state index is 11.7. The van der Waals surface area contributed by atoms with Gasteiger partial charge in [0.05, 0.1) is 17.1 Å². The molecule has 7 nitrogen and oxygen atoms in total. The molecule has 0 unspecified atom stereocenters. The number of anilines is 1. The number of nitrogens with zero attached hydrogens (tertiary/aromatic N) is 3. The summed E-state index contributed by atoms with van der Waals surface area (Å²) in [6.45, 7) is 5.37. The Labute approximate surface area is 91.7 Å². The molecule has 84 valence electrons. The van der Waals surface area contributed by atoms with E-state index < -0.39 is 0 Å². The molecule has 0 aromatic carbocycles. The summed E-state index contributed by atoms with van der Waals surface area (Å²) in [5, 5.41) is 15.9. The second-order valence-electron chi connectivity index (χ2n) is 3.51. The van der Waals surface area contributed by atoms with Gasteiger partial charge in [0.1, 0.15) is 5.82 Å². The lowest BCUT2D eigenvalue weighted by atomic mass is 10.3. The van der Waals surface area contributed by atoms with Crippen molar-refractivity contribution in [3.8, 4) is 0 Å². The van der Waals surface area contributed by atoms with Gasteiger partial charge in [0.2, 0.25) is 5.82 Å². The minimum atomic E-state index is -0.350. The summed E-state index contributed by atoms with van der Waals surface area (Å²) in [7, 11) is 0. The van der Waals surface area contributed by atoms with Gasteiger partial charge in [-0.05, 0) is 20.8 Å². The number of amides is 1. The van der Waals surface area contributed by atoms with Crippen LogP contribution >= 0.6 is 0 Å². The Hall–Kier alpha value is -2.18. The van der Waals surface area contributed by atoms with Crippen LogP contribution in [-0.2, 0) is 0 Å². The predicted molar refractivity (Wildman–Crippen MR) is 57.1 cm³/mol. The largest absolute Gasteiger partial charge is 0.316 e. The minimum absolute atomic E-state index is 0.123. The number of nitrogens with one attached hydrogen (secondary N) is 3. The fourth-order valence-electron chi connectivity index (χ4n) is 1.35. The molecular weight excluding hydrogens is 208 g/mol. The lowest BCUT2D eigenvalue weighted by Crippen LogP contribution is -2.14. The first-order valence-corrected chi connectivity index (χ1v) is 4.80. The van der Waals surface area contributed by atoms with Gasteiger partial charge in [-0.15, -0.1) is 5.10 Å². The molecule has 0 radical (unpaired) electrons. The van der Waals surface area contributed by atoms with Crippen LogP contribution < -0.4 is 5.32 Å². The van der Waals surface area contributed by atoms with E-state index in [9.17, 15) is 4.79 Å². The van der Waals surface area contributed by atoms with Crippen LogP contribution in [-0.4, -0.2) is 31.3 Å². The SMILES string of the molecule is Cc1nc(C(=O)Nc2c(C)n[nH]c2C)n[nH]1. The van der Waals surface area contributed by atoms with Crippen molar-refractivity contribution in [2.24, 2.45) is 0 Å². The predicted octanol–water partition coefficient (Wildman–Crippen LogP) is 0.705. The van der Waals surface area contributed by atoms with E-state index in [0.29, 0.717) is 11.5 Å². The van der Waals surface area contributed by atoms with Crippen molar-refractivity contribution in [3.05, 3.63) is 23.0 Å². The minimum Gasteiger partial charge on any atom is -0.316 e. The van der Waals surface area contributed by atoms with Gasteiger partial charge in [-0.1, -0.05) is 0 Å². The van der Waals surface area contributed by atoms with Crippen LogP contribution in [0.25, 0.3) is 0 Å². The maximum absolute atomic E-state index is 11.7. The molecule has 0 aliphatic carbocycles. The molecule has 2 aromatic rings. The summed E-state index contributed by atoms with van der Waals surface area (Å²) < 4.78 is 0. The van der Waals surface area contributed by atoms with Crippen molar-refractivity contribution in [2.75, 3.05) is 5.32 Å². The molecule has 0 bridgehead atoms. The second-order valence-corrected chi connectivity index (χ2v) is 3.51. The van der Waals surface area contributed by atoms with Gasteiger partial charge in [-0.25, -0.2) is 4.98 Å². The van der Waals surface area contributed by atoms with Crippen LogP contribution in [0.4, 0.5) is 5.69 Å². The molecule has 0 spiro atoms. The molecule has 7 heteroatoms. The number of carbonyl (C=O) groups is 1. The van der Waals surface area contributed by atoms with Gasteiger partial charge in [-0.2, -0.15) is 5.10 Å². The normalized spacial score (nSPS) is 10.4. The summed E-state index contributed by atoms with van der Waals surface area (Å²) in [6.07, 6.45) is 0. The zero-order valence-corrected chi connectivity index (χ0v) is 9.25. The molecular formula is C9H12N6O. The van der Waals surface area contributed by atoms with E-state index in [2.05, 4.69) is 30.7 Å². The zero-order valence-electron chi connectivity index (χ0n) is 9.25. The lowest BCUT2D eigenvalue weighted by Gasteiger charge is -2.01. The van der Waals surface area contributed by atoms with Crippen LogP contribution in [0, 0.1) is 20.8 Å². The molecule has 0 fully saturated rings. The number of aromatic nitrogens is 5. The van der Waals surface area contributed by atoms with Crippen LogP contribution in [0.2, 0.25) is 0 Å². The van der Waals surface area contributed by atoms with E-state index in [1.165, 1.54) is 0 Å². The maximum Gasteiger partial charge on any atom is 0.295 e. The molecule has 0 saturated heterocycles. The number of H-pyrrole nitrogens is 2. The standard InChI is InChI=1S/C9H12N6O/c1-4-7(5(2)13-12-4)11-9(16)8-10-6(3)14-15-8/h1-3H3,(H,11,16)(H,12,13)(H,10,14,15). The van der Waals surface area contributed by atoms with Gasteiger partial charge in [-0.3, -0.25) is 15.0 Å². The smallest absolute Gasteiger partial charge is 0.295 e. The fraction of sp³-hybridized carbons (Fsp3) is 0.333. The van der Waals surface area contributed by atoms with E-state index in [1.807, 2.05) is 13.8 Å².